The minimum absolute atomic E-state index is 0.0777. The van der Waals surface area contributed by atoms with E-state index in [2.05, 4.69) is 15.1 Å². The van der Waals surface area contributed by atoms with Crippen LogP contribution in [0.5, 0.6) is 0 Å². The summed E-state index contributed by atoms with van der Waals surface area (Å²) in [5, 5.41) is 3.91. The monoisotopic (exact) mass is 302 g/mol. The zero-order chi connectivity index (χ0) is 16.1. The molecule has 0 aliphatic heterocycles. The van der Waals surface area contributed by atoms with E-state index >= 15 is 0 Å². The SMILES string of the molecule is Cc1noc(C)c1CCC(=O)N(C)[C@@H](C)Cc1cnccn1. The van der Waals surface area contributed by atoms with Crippen molar-refractivity contribution in [2.75, 3.05) is 7.05 Å². The number of amides is 1. The van der Waals surface area contributed by atoms with Crippen molar-refractivity contribution >= 4 is 5.91 Å². The Hall–Kier alpha value is -2.24. The lowest BCUT2D eigenvalue weighted by atomic mass is 10.1. The standard InChI is InChI=1S/C16H22N4O2/c1-11(9-14-10-17-7-8-18-14)20(4)16(21)6-5-15-12(2)19-22-13(15)3/h7-8,10-11H,5-6,9H2,1-4H3/t11-/m0/s1. The average molecular weight is 302 g/mol. The summed E-state index contributed by atoms with van der Waals surface area (Å²) in [7, 11) is 1.83. The summed E-state index contributed by atoms with van der Waals surface area (Å²) in [6, 6.07) is 0.0777. The van der Waals surface area contributed by atoms with E-state index in [0.29, 0.717) is 19.3 Å². The van der Waals surface area contributed by atoms with E-state index in [1.807, 2.05) is 27.8 Å². The first-order valence-electron chi connectivity index (χ1n) is 7.41. The minimum Gasteiger partial charge on any atom is -0.361 e. The molecule has 0 aromatic carbocycles. The first-order chi connectivity index (χ1) is 10.5. The zero-order valence-electron chi connectivity index (χ0n) is 13.5. The number of rotatable bonds is 6. The Balaban J connectivity index is 1.89. The molecule has 2 rings (SSSR count). The molecular weight excluding hydrogens is 280 g/mol. The van der Waals surface area contributed by atoms with Crippen molar-refractivity contribution in [1.29, 1.82) is 0 Å². The number of carbonyl (C=O) groups is 1. The molecule has 0 radical (unpaired) electrons. The van der Waals surface area contributed by atoms with Crippen LogP contribution >= 0.6 is 0 Å². The van der Waals surface area contributed by atoms with Gasteiger partial charge in [-0.15, -0.1) is 0 Å². The maximum atomic E-state index is 12.3. The van der Waals surface area contributed by atoms with Crippen molar-refractivity contribution in [2.24, 2.45) is 0 Å². The van der Waals surface area contributed by atoms with E-state index in [9.17, 15) is 4.79 Å². The quantitative estimate of drug-likeness (QED) is 0.817. The topological polar surface area (TPSA) is 72.1 Å². The molecule has 6 nitrogen and oxygen atoms in total. The van der Waals surface area contributed by atoms with Crippen LogP contribution in [-0.4, -0.2) is 39.0 Å². The molecule has 0 N–H and O–H groups in total. The number of hydrogen-bond acceptors (Lipinski definition) is 5. The molecule has 0 fully saturated rings. The lowest BCUT2D eigenvalue weighted by molar-refractivity contribution is -0.131. The second-order valence-corrected chi connectivity index (χ2v) is 5.56. The third kappa shape index (κ3) is 3.90. The van der Waals surface area contributed by atoms with Gasteiger partial charge >= 0.3 is 0 Å². The van der Waals surface area contributed by atoms with Crippen LogP contribution in [0.25, 0.3) is 0 Å². The average Bonchev–Trinajstić information content (AvgIpc) is 2.83. The van der Waals surface area contributed by atoms with E-state index in [4.69, 9.17) is 4.52 Å². The number of hydrogen-bond donors (Lipinski definition) is 0. The molecule has 0 saturated heterocycles. The molecule has 118 valence electrons. The highest BCUT2D eigenvalue weighted by atomic mass is 16.5. The van der Waals surface area contributed by atoms with Gasteiger partial charge < -0.3 is 9.42 Å². The van der Waals surface area contributed by atoms with Crippen LogP contribution in [0.3, 0.4) is 0 Å². The summed E-state index contributed by atoms with van der Waals surface area (Å²) >= 11 is 0. The van der Waals surface area contributed by atoms with Crippen molar-refractivity contribution in [3.63, 3.8) is 0 Å². The van der Waals surface area contributed by atoms with Crippen LogP contribution in [0, 0.1) is 13.8 Å². The normalized spacial score (nSPS) is 12.2. The van der Waals surface area contributed by atoms with Gasteiger partial charge in [-0.3, -0.25) is 14.8 Å². The molecule has 22 heavy (non-hydrogen) atoms. The second-order valence-electron chi connectivity index (χ2n) is 5.56. The van der Waals surface area contributed by atoms with Crippen LogP contribution in [0.1, 0.15) is 36.1 Å². The molecule has 0 spiro atoms. The van der Waals surface area contributed by atoms with Crippen molar-refractivity contribution in [3.8, 4) is 0 Å². The Bertz CT molecular complexity index is 605. The van der Waals surface area contributed by atoms with E-state index in [1.54, 1.807) is 23.5 Å². The van der Waals surface area contributed by atoms with Gasteiger partial charge in [-0.1, -0.05) is 5.16 Å². The van der Waals surface area contributed by atoms with Gasteiger partial charge in [0.2, 0.25) is 5.91 Å². The largest absolute Gasteiger partial charge is 0.361 e. The molecule has 1 atom stereocenters. The molecule has 6 heteroatoms. The molecular formula is C16H22N4O2. The van der Waals surface area contributed by atoms with Crippen LogP contribution in [0.2, 0.25) is 0 Å². The van der Waals surface area contributed by atoms with Crippen molar-refractivity contribution in [3.05, 3.63) is 41.3 Å². The number of nitrogens with zero attached hydrogens (tertiary/aromatic N) is 4. The van der Waals surface area contributed by atoms with Crippen LogP contribution in [0.15, 0.2) is 23.1 Å². The highest BCUT2D eigenvalue weighted by Crippen LogP contribution is 2.15. The van der Waals surface area contributed by atoms with Gasteiger partial charge in [0.05, 0.1) is 11.4 Å². The van der Waals surface area contributed by atoms with Gasteiger partial charge in [0.15, 0.2) is 0 Å². The molecule has 0 aliphatic rings. The van der Waals surface area contributed by atoms with Gasteiger partial charge in [0.25, 0.3) is 0 Å². The lowest BCUT2D eigenvalue weighted by Crippen LogP contribution is -2.36. The van der Waals surface area contributed by atoms with E-state index in [-0.39, 0.29) is 11.9 Å². The number of carbonyl (C=O) groups excluding carboxylic acids is 1. The maximum absolute atomic E-state index is 12.3. The number of aryl methyl sites for hydroxylation is 2. The first-order valence-corrected chi connectivity index (χ1v) is 7.41. The van der Waals surface area contributed by atoms with E-state index < -0.39 is 0 Å². The smallest absolute Gasteiger partial charge is 0.222 e. The lowest BCUT2D eigenvalue weighted by Gasteiger charge is -2.24. The summed E-state index contributed by atoms with van der Waals surface area (Å²) in [5.41, 5.74) is 2.78. The molecule has 2 aromatic heterocycles. The van der Waals surface area contributed by atoms with Gasteiger partial charge in [0.1, 0.15) is 5.76 Å². The van der Waals surface area contributed by atoms with E-state index in [0.717, 1.165) is 22.7 Å². The minimum atomic E-state index is 0.0777. The fraction of sp³-hybridized carbons (Fsp3) is 0.500. The fourth-order valence-electron chi connectivity index (χ4n) is 2.39. The summed E-state index contributed by atoms with van der Waals surface area (Å²) in [6.07, 6.45) is 6.85. The Kier molecular flexibility index (Phi) is 5.25. The maximum Gasteiger partial charge on any atom is 0.222 e. The Morgan fingerprint density at radius 1 is 1.36 bits per heavy atom. The molecule has 2 aromatic rings. The zero-order valence-corrected chi connectivity index (χ0v) is 13.5. The Labute approximate surface area is 130 Å². The molecule has 2 heterocycles. The van der Waals surface area contributed by atoms with Crippen molar-refractivity contribution < 1.29 is 9.32 Å². The Morgan fingerprint density at radius 3 is 2.73 bits per heavy atom. The molecule has 0 saturated carbocycles. The van der Waals surface area contributed by atoms with Crippen molar-refractivity contribution in [1.82, 2.24) is 20.0 Å². The van der Waals surface area contributed by atoms with Gasteiger partial charge in [0, 0.05) is 50.1 Å². The predicted octanol–water partition coefficient (Wildman–Crippen LogP) is 2.10. The Morgan fingerprint density at radius 2 is 2.14 bits per heavy atom. The highest BCUT2D eigenvalue weighted by molar-refractivity contribution is 5.76. The highest BCUT2D eigenvalue weighted by Gasteiger charge is 2.18. The summed E-state index contributed by atoms with van der Waals surface area (Å²) in [6.45, 7) is 5.79. The fourth-order valence-corrected chi connectivity index (χ4v) is 2.39. The third-order valence-corrected chi connectivity index (χ3v) is 3.95. The van der Waals surface area contributed by atoms with Crippen LogP contribution < -0.4 is 0 Å². The van der Waals surface area contributed by atoms with Crippen LogP contribution in [0.4, 0.5) is 0 Å². The van der Waals surface area contributed by atoms with E-state index in [1.165, 1.54) is 0 Å². The summed E-state index contributed by atoms with van der Waals surface area (Å²) in [5.74, 6) is 0.900. The van der Waals surface area contributed by atoms with Crippen molar-refractivity contribution in [2.45, 2.75) is 46.1 Å². The van der Waals surface area contributed by atoms with Gasteiger partial charge in [-0.2, -0.15) is 0 Å². The molecule has 0 unspecified atom stereocenters. The molecule has 1 amide bonds. The second kappa shape index (κ2) is 7.15. The van der Waals surface area contributed by atoms with Gasteiger partial charge in [-0.05, 0) is 27.2 Å². The number of aromatic nitrogens is 3. The van der Waals surface area contributed by atoms with Gasteiger partial charge in [-0.25, -0.2) is 0 Å². The molecule has 0 bridgehead atoms. The third-order valence-electron chi connectivity index (χ3n) is 3.95. The van der Waals surface area contributed by atoms with Crippen LogP contribution in [-0.2, 0) is 17.6 Å². The first kappa shape index (κ1) is 16.1. The molecule has 0 aliphatic carbocycles. The number of likely N-dealkylation sites (N-methyl/N-ethyl adjacent to an activating group) is 1. The summed E-state index contributed by atoms with van der Waals surface area (Å²) in [4.78, 5) is 22.4. The predicted molar refractivity (Wildman–Crippen MR) is 82.3 cm³/mol. The summed E-state index contributed by atoms with van der Waals surface area (Å²) < 4.78 is 5.12.